The van der Waals surface area contributed by atoms with Crippen molar-refractivity contribution in [2.45, 2.75) is 0 Å². The molecule has 12 N–H and O–H groups in total. The van der Waals surface area contributed by atoms with Gasteiger partial charge in [0.15, 0.2) is 29.1 Å². The molecule has 0 saturated carbocycles. The first-order valence-corrected chi connectivity index (χ1v) is 11.7. The third-order valence-corrected chi connectivity index (χ3v) is 6.47. The summed E-state index contributed by atoms with van der Waals surface area (Å²) in [7, 11) is 0. The summed E-state index contributed by atoms with van der Waals surface area (Å²) in [4.78, 5) is 4.32. The van der Waals surface area contributed by atoms with E-state index in [2.05, 4.69) is 26.1 Å². The molecule has 212 valence electrons. The first-order valence-electron chi connectivity index (χ1n) is 11.7. The SMILES string of the molecule is N#CC1=C(N)Nc2c(c3c(c4cc(C#N)c(N)nc24)NC(C#N)=C(NN=C(N)c2c(F)c(F)c(C(=N)N)c(F)c2F)C=3)=C1. The van der Waals surface area contributed by atoms with Crippen molar-refractivity contribution in [2.24, 2.45) is 22.3 Å². The summed E-state index contributed by atoms with van der Waals surface area (Å²) in [6.45, 7) is 0. The lowest BCUT2D eigenvalue weighted by molar-refractivity contribution is 0.448. The lowest BCUT2D eigenvalue weighted by Gasteiger charge is -2.22. The molecular formula is C26H15F4N13. The van der Waals surface area contributed by atoms with Crippen LogP contribution in [0.5, 0.6) is 0 Å². The maximum Gasteiger partial charge on any atom is 0.173 e. The van der Waals surface area contributed by atoms with Gasteiger partial charge in [0, 0.05) is 15.8 Å². The molecule has 3 aromatic rings. The predicted octanol–water partition coefficient (Wildman–Crippen LogP) is 0.280. The van der Waals surface area contributed by atoms with Gasteiger partial charge < -0.3 is 33.6 Å². The molecule has 0 amide bonds. The molecule has 0 saturated heterocycles. The molecule has 5 rings (SSSR count). The number of amidine groups is 2. The Morgan fingerprint density at radius 2 is 1.51 bits per heavy atom. The summed E-state index contributed by atoms with van der Waals surface area (Å²) in [5.74, 6) is -10.2. The third kappa shape index (κ3) is 4.19. The molecule has 0 fully saturated rings. The Bertz CT molecular complexity index is 2170. The standard InChI is InChI=1S/C26H15F4N13/c27-16-14(23(34)35)17(28)19(30)15(18(16)29)26(38)43-42-12-3-10-9-1-7(4-31)24(36)40-21(9)22-11(20(10)39-13(12)6-33)2-8(5-32)25(37)41-22/h1-3,39-40,42H,36H2,(H3,34,35)(H2,37,41)(H2,38,43). The van der Waals surface area contributed by atoms with E-state index in [1.165, 1.54) is 18.2 Å². The van der Waals surface area contributed by atoms with Gasteiger partial charge in [-0.3, -0.25) is 10.8 Å². The Morgan fingerprint density at radius 3 is 2.09 bits per heavy atom. The number of pyridine rings is 1. The van der Waals surface area contributed by atoms with Crippen molar-refractivity contribution in [3.63, 3.8) is 0 Å². The number of hydrogen-bond donors (Lipinski definition) is 8. The zero-order valence-corrected chi connectivity index (χ0v) is 21.3. The minimum atomic E-state index is -1.95. The molecule has 17 heteroatoms. The van der Waals surface area contributed by atoms with Crippen LogP contribution in [0.15, 0.2) is 34.0 Å². The van der Waals surface area contributed by atoms with Gasteiger partial charge in [-0.25, -0.2) is 22.5 Å². The number of halogens is 4. The van der Waals surface area contributed by atoms with Gasteiger partial charge in [-0.1, -0.05) is 0 Å². The van der Waals surface area contributed by atoms with Crippen LogP contribution in [0.1, 0.15) is 16.7 Å². The minimum absolute atomic E-state index is 0.00744. The lowest BCUT2D eigenvalue weighted by Crippen LogP contribution is -2.38. The highest BCUT2D eigenvalue weighted by atomic mass is 19.2. The predicted molar refractivity (Wildman–Crippen MR) is 147 cm³/mol. The van der Waals surface area contributed by atoms with Crippen LogP contribution in [-0.4, -0.2) is 16.7 Å². The smallest absolute Gasteiger partial charge is 0.173 e. The molecule has 3 heterocycles. The molecule has 1 aromatic heterocycles. The minimum Gasteiger partial charge on any atom is -0.384 e. The van der Waals surface area contributed by atoms with E-state index in [1.807, 2.05) is 18.2 Å². The van der Waals surface area contributed by atoms with Crippen molar-refractivity contribution < 1.29 is 17.6 Å². The number of aromatic nitrogens is 1. The first-order chi connectivity index (χ1) is 20.4. The summed E-state index contributed by atoms with van der Waals surface area (Å²) in [6, 6.07) is 7.17. The second kappa shape index (κ2) is 9.99. The summed E-state index contributed by atoms with van der Waals surface area (Å²) >= 11 is 0. The molecule has 2 aliphatic heterocycles. The van der Waals surface area contributed by atoms with Gasteiger partial charge in [0.2, 0.25) is 0 Å². The maximum absolute atomic E-state index is 14.7. The molecule has 13 nitrogen and oxygen atoms in total. The van der Waals surface area contributed by atoms with Crippen LogP contribution in [-0.2, 0) is 0 Å². The van der Waals surface area contributed by atoms with Gasteiger partial charge in [0.25, 0.3) is 0 Å². The van der Waals surface area contributed by atoms with Crippen LogP contribution in [0.3, 0.4) is 0 Å². The Hall–Kier alpha value is -6.80. The van der Waals surface area contributed by atoms with Crippen LogP contribution in [0.2, 0.25) is 0 Å². The van der Waals surface area contributed by atoms with E-state index in [4.69, 9.17) is 28.3 Å². The van der Waals surface area contributed by atoms with E-state index in [1.54, 1.807) is 0 Å². The second-order valence-corrected chi connectivity index (χ2v) is 8.91. The number of allylic oxidation sites excluding steroid dienone is 3. The number of nitrogens with zero attached hydrogens (tertiary/aromatic N) is 5. The lowest BCUT2D eigenvalue weighted by atomic mass is 9.98. The molecule has 0 aliphatic carbocycles. The normalized spacial score (nSPS) is 13.7. The topological polar surface area (TPSA) is 261 Å². The zero-order valence-electron chi connectivity index (χ0n) is 21.3. The number of benzene rings is 2. The number of nitrogen functional groups attached to an aromatic ring is 2. The van der Waals surface area contributed by atoms with Gasteiger partial charge in [0.1, 0.15) is 41.4 Å². The van der Waals surface area contributed by atoms with Gasteiger partial charge in [-0.2, -0.15) is 20.9 Å². The zero-order chi connectivity index (χ0) is 31.3. The van der Waals surface area contributed by atoms with E-state index in [9.17, 15) is 33.3 Å². The highest BCUT2D eigenvalue weighted by Crippen LogP contribution is 2.31. The van der Waals surface area contributed by atoms with Crippen LogP contribution in [0.4, 0.5) is 34.8 Å². The molecule has 2 aromatic carbocycles. The number of nitrogens with two attached hydrogens (primary N) is 4. The summed E-state index contributed by atoms with van der Waals surface area (Å²) in [5.41, 5.74) is 22.8. The molecule has 0 spiro atoms. The summed E-state index contributed by atoms with van der Waals surface area (Å²) < 4.78 is 58.0. The van der Waals surface area contributed by atoms with E-state index in [0.717, 1.165) is 0 Å². The monoisotopic (exact) mass is 585 g/mol. The Morgan fingerprint density at radius 1 is 0.884 bits per heavy atom. The van der Waals surface area contributed by atoms with E-state index in [-0.39, 0.29) is 45.4 Å². The summed E-state index contributed by atoms with van der Waals surface area (Å²) in [5, 5.41) is 46.5. The molecule has 0 unspecified atom stereocenters. The van der Waals surface area contributed by atoms with Gasteiger partial charge in [-0.15, -0.1) is 0 Å². The highest BCUT2D eigenvalue weighted by molar-refractivity contribution is 6.05. The van der Waals surface area contributed by atoms with Crippen LogP contribution >= 0.6 is 0 Å². The van der Waals surface area contributed by atoms with Crippen molar-refractivity contribution in [3.8, 4) is 18.2 Å². The quantitative estimate of drug-likeness (QED) is 0.0678. The molecular weight excluding hydrogens is 570 g/mol. The number of nitrogens with one attached hydrogen (secondary N) is 4. The first kappa shape index (κ1) is 27.8. The number of hydrazone groups is 1. The van der Waals surface area contributed by atoms with E-state index >= 15 is 0 Å². The van der Waals surface area contributed by atoms with Crippen molar-refractivity contribution in [2.75, 3.05) is 16.4 Å². The fourth-order valence-electron chi connectivity index (χ4n) is 4.47. The summed E-state index contributed by atoms with van der Waals surface area (Å²) in [6.07, 6.45) is 2.80. The fourth-order valence-corrected chi connectivity index (χ4v) is 4.47. The number of anilines is 3. The van der Waals surface area contributed by atoms with Gasteiger partial charge >= 0.3 is 0 Å². The highest BCUT2D eigenvalue weighted by Gasteiger charge is 2.29. The van der Waals surface area contributed by atoms with Gasteiger partial charge in [0.05, 0.1) is 44.9 Å². The average Bonchev–Trinajstić information content (AvgIpc) is 2.98. The molecule has 0 radical (unpaired) electrons. The van der Waals surface area contributed by atoms with Crippen molar-refractivity contribution >= 4 is 51.9 Å². The average molecular weight is 585 g/mol. The molecule has 2 aliphatic rings. The van der Waals surface area contributed by atoms with E-state index < -0.39 is 46.1 Å². The number of rotatable bonds is 4. The number of hydrogen-bond acceptors (Lipinski definition) is 11. The Balaban J connectivity index is 1.73. The fraction of sp³-hybridized carbons (Fsp3) is 0. The Kier molecular flexibility index (Phi) is 6.45. The van der Waals surface area contributed by atoms with Crippen LogP contribution in [0.25, 0.3) is 23.1 Å². The van der Waals surface area contributed by atoms with Crippen LogP contribution in [0, 0.1) is 62.7 Å². The Labute approximate surface area is 237 Å². The molecule has 0 atom stereocenters. The molecule has 0 bridgehead atoms. The van der Waals surface area contributed by atoms with Crippen molar-refractivity contribution in [3.05, 3.63) is 79.3 Å². The van der Waals surface area contributed by atoms with Crippen LogP contribution < -0.4 is 49.4 Å². The number of nitriles is 3. The van der Waals surface area contributed by atoms with Crippen molar-refractivity contribution in [1.82, 2.24) is 10.4 Å². The molecule has 43 heavy (non-hydrogen) atoms. The maximum atomic E-state index is 14.7. The third-order valence-electron chi connectivity index (χ3n) is 6.47. The number of fused-ring (bicyclic) bond motifs is 6. The second-order valence-electron chi connectivity index (χ2n) is 8.91. The van der Waals surface area contributed by atoms with Crippen molar-refractivity contribution in [1.29, 1.82) is 21.2 Å². The van der Waals surface area contributed by atoms with E-state index in [0.29, 0.717) is 21.5 Å². The van der Waals surface area contributed by atoms with Gasteiger partial charge in [-0.05, 0) is 18.2 Å². The largest absolute Gasteiger partial charge is 0.384 e.